The number of fused-ring (bicyclic) bond motifs is 1. The molecule has 0 atom stereocenters. The number of halogens is 1. The Morgan fingerprint density at radius 2 is 1.95 bits per heavy atom. The van der Waals surface area contributed by atoms with E-state index in [1.165, 1.54) is 50.2 Å². The molecule has 4 nitrogen and oxygen atoms in total. The molecule has 0 spiro atoms. The molecule has 2 heterocycles. The predicted molar refractivity (Wildman–Crippen MR) is 78.7 cm³/mol. The molecule has 0 radical (unpaired) electrons. The van der Waals surface area contributed by atoms with Gasteiger partial charge >= 0.3 is 0 Å². The van der Waals surface area contributed by atoms with Crippen molar-refractivity contribution in [3.63, 3.8) is 0 Å². The number of aromatic nitrogens is 3. The van der Waals surface area contributed by atoms with Crippen LogP contribution in [0.4, 0.5) is 0 Å². The van der Waals surface area contributed by atoms with Crippen LogP contribution in [0.3, 0.4) is 0 Å². The van der Waals surface area contributed by atoms with E-state index in [2.05, 4.69) is 20.1 Å². The van der Waals surface area contributed by atoms with E-state index < -0.39 is 0 Å². The summed E-state index contributed by atoms with van der Waals surface area (Å²) in [5, 5.41) is 12.2. The molecule has 1 aromatic rings. The molecule has 0 aromatic carbocycles. The van der Waals surface area contributed by atoms with Gasteiger partial charge < -0.3 is 9.88 Å². The first kappa shape index (κ1) is 14.8. The second-order valence-corrected chi connectivity index (χ2v) is 5.73. The molecule has 0 amide bonds. The second-order valence-electron chi connectivity index (χ2n) is 5.73. The van der Waals surface area contributed by atoms with Gasteiger partial charge in [0.05, 0.1) is 0 Å². The van der Waals surface area contributed by atoms with Gasteiger partial charge in [-0.1, -0.05) is 32.1 Å². The largest absolute Gasteiger partial charge is 0.315 e. The number of rotatable bonds is 3. The molecule has 1 N–H and O–H groups in total. The first-order chi connectivity index (χ1) is 8.93. The molecule has 0 bridgehead atoms. The molecule has 1 saturated carbocycles. The smallest absolute Gasteiger partial charge is 0.134 e. The van der Waals surface area contributed by atoms with E-state index in [4.69, 9.17) is 0 Å². The number of nitrogens with zero attached hydrogens (tertiary/aromatic N) is 3. The van der Waals surface area contributed by atoms with Gasteiger partial charge in [0.1, 0.15) is 11.6 Å². The molecule has 0 saturated heterocycles. The van der Waals surface area contributed by atoms with E-state index in [1.807, 2.05) is 0 Å². The first-order valence-electron chi connectivity index (χ1n) is 7.55. The third-order valence-electron chi connectivity index (χ3n) is 4.44. The minimum atomic E-state index is 0. The monoisotopic (exact) mass is 284 g/mol. The summed E-state index contributed by atoms with van der Waals surface area (Å²) in [6, 6.07) is 0. The SMILES string of the molecule is C1CCC(CCc2nnc3n2CCNCC3)CC1.Cl. The lowest BCUT2D eigenvalue weighted by Gasteiger charge is -2.21. The van der Waals surface area contributed by atoms with E-state index in [0.29, 0.717) is 0 Å². The summed E-state index contributed by atoms with van der Waals surface area (Å²) in [5.41, 5.74) is 0. The third kappa shape index (κ3) is 3.69. The molecule has 1 aliphatic carbocycles. The fraction of sp³-hybridized carbons (Fsp3) is 0.857. The second kappa shape index (κ2) is 7.25. The molecule has 108 valence electrons. The molecule has 5 heteroatoms. The lowest BCUT2D eigenvalue weighted by molar-refractivity contribution is 0.336. The Bertz CT molecular complexity index is 385. The Hall–Kier alpha value is -0.610. The molecule has 1 aliphatic heterocycles. The molecule has 0 unspecified atom stereocenters. The average molecular weight is 285 g/mol. The van der Waals surface area contributed by atoms with E-state index >= 15 is 0 Å². The van der Waals surface area contributed by atoms with Crippen LogP contribution in [0.5, 0.6) is 0 Å². The van der Waals surface area contributed by atoms with Crippen molar-refractivity contribution in [2.24, 2.45) is 5.92 Å². The number of nitrogens with one attached hydrogen (secondary N) is 1. The lowest BCUT2D eigenvalue weighted by atomic mass is 9.86. The maximum atomic E-state index is 4.41. The zero-order chi connectivity index (χ0) is 12.2. The topological polar surface area (TPSA) is 42.7 Å². The van der Waals surface area contributed by atoms with Crippen molar-refractivity contribution >= 4 is 12.4 Å². The summed E-state index contributed by atoms with van der Waals surface area (Å²) >= 11 is 0. The quantitative estimate of drug-likeness (QED) is 0.927. The highest BCUT2D eigenvalue weighted by molar-refractivity contribution is 5.85. The van der Waals surface area contributed by atoms with Gasteiger partial charge in [-0.3, -0.25) is 0 Å². The molecule has 3 rings (SSSR count). The van der Waals surface area contributed by atoms with Gasteiger partial charge in [0.2, 0.25) is 0 Å². The molecule has 1 fully saturated rings. The zero-order valence-corrected chi connectivity index (χ0v) is 12.4. The molecule has 1 aromatic heterocycles. The number of hydrogen-bond donors (Lipinski definition) is 1. The summed E-state index contributed by atoms with van der Waals surface area (Å²) < 4.78 is 2.35. The van der Waals surface area contributed by atoms with Crippen molar-refractivity contribution in [3.05, 3.63) is 11.6 Å². The third-order valence-corrected chi connectivity index (χ3v) is 4.44. The highest BCUT2D eigenvalue weighted by Crippen LogP contribution is 2.27. The van der Waals surface area contributed by atoms with Crippen LogP contribution in [0.1, 0.15) is 50.2 Å². The van der Waals surface area contributed by atoms with Crippen molar-refractivity contribution < 1.29 is 0 Å². The summed E-state index contributed by atoms with van der Waals surface area (Å²) in [4.78, 5) is 0. The molecular formula is C14H25ClN4. The van der Waals surface area contributed by atoms with E-state index in [0.717, 1.165) is 38.4 Å². The fourth-order valence-electron chi connectivity index (χ4n) is 3.33. The Kier molecular flexibility index (Phi) is 5.64. The van der Waals surface area contributed by atoms with Gasteiger partial charge in [0.25, 0.3) is 0 Å². The van der Waals surface area contributed by atoms with E-state index in [9.17, 15) is 0 Å². The van der Waals surface area contributed by atoms with Crippen molar-refractivity contribution in [1.82, 2.24) is 20.1 Å². The van der Waals surface area contributed by atoms with Gasteiger partial charge in [-0.2, -0.15) is 0 Å². The van der Waals surface area contributed by atoms with Gasteiger partial charge in [0, 0.05) is 32.5 Å². The molecule has 19 heavy (non-hydrogen) atoms. The highest BCUT2D eigenvalue weighted by atomic mass is 35.5. The standard InChI is InChI=1S/C14H24N4.ClH/c1-2-4-12(5-3-1)6-7-13-16-17-14-8-9-15-10-11-18(13)14;/h12,15H,1-11H2;1H. The lowest BCUT2D eigenvalue weighted by Crippen LogP contribution is -2.18. The van der Waals surface area contributed by atoms with Crippen molar-refractivity contribution in [1.29, 1.82) is 0 Å². The van der Waals surface area contributed by atoms with Gasteiger partial charge in [-0.15, -0.1) is 22.6 Å². The van der Waals surface area contributed by atoms with Crippen LogP contribution in [-0.2, 0) is 19.4 Å². The van der Waals surface area contributed by atoms with E-state index in [1.54, 1.807) is 0 Å². The van der Waals surface area contributed by atoms with Crippen molar-refractivity contribution in [2.75, 3.05) is 13.1 Å². The molecular weight excluding hydrogens is 260 g/mol. The Morgan fingerprint density at radius 1 is 1.11 bits per heavy atom. The number of hydrogen-bond acceptors (Lipinski definition) is 3. The summed E-state index contributed by atoms with van der Waals surface area (Å²) in [7, 11) is 0. The minimum Gasteiger partial charge on any atom is -0.315 e. The normalized spacial score (nSPS) is 20.4. The van der Waals surface area contributed by atoms with Gasteiger partial charge in [-0.25, -0.2) is 0 Å². The van der Waals surface area contributed by atoms with Crippen LogP contribution < -0.4 is 5.32 Å². The fourth-order valence-corrected chi connectivity index (χ4v) is 3.33. The van der Waals surface area contributed by atoms with Crippen molar-refractivity contribution in [3.8, 4) is 0 Å². The highest BCUT2D eigenvalue weighted by Gasteiger charge is 2.17. The summed E-state index contributed by atoms with van der Waals surface area (Å²) in [6.45, 7) is 3.14. The average Bonchev–Trinajstić information content (AvgIpc) is 2.65. The van der Waals surface area contributed by atoms with Crippen LogP contribution in [0.2, 0.25) is 0 Å². The molecule has 2 aliphatic rings. The summed E-state index contributed by atoms with van der Waals surface area (Å²) in [6.07, 6.45) is 10.6. The van der Waals surface area contributed by atoms with Crippen molar-refractivity contribution in [2.45, 2.75) is 57.9 Å². The van der Waals surface area contributed by atoms with Gasteiger partial charge in [0.15, 0.2) is 0 Å². The maximum absolute atomic E-state index is 4.41. The van der Waals surface area contributed by atoms with Crippen LogP contribution >= 0.6 is 12.4 Å². The van der Waals surface area contributed by atoms with Gasteiger partial charge in [-0.05, 0) is 12.3 Å². The predicted octanol–water partition coefficient (Wildman–Crippen LogP) is 2.36. The van der Waals surface area contributed by atoms with Crippen LogP contribution in [0.15, 0.2) is 0 Å². The zero-order valence-electron chi connectivity index (χ0n) is 11.6. The van der Waals surface area contributed by atoms with E-state index in [-0.39, 0.29) is 12.4 Å². The number of aryl methyl sites for hydroxylation is 1. The van der Waals surface area contributed by atoms with Crippen LogP contribution in [-0.4, -0.2) is 27.9 Å². The first-order valence-corrected chi connectivity index (χ1v) is 7.55. The van der Waals surface area contributed by atoms with Crippen LogP contribution in [0, 0.1) is 5.92 Å². The maximum Gasteiger partial charge on any atom is 0.134 e. The Labute approximate surface area is 121 Å². The Balaban J connectivity index is 0.00000133. The summed E-state index contributed by atoms with van der Waals surface area (Å²) in [5.74, 6) is 3.34. The Morgan fingerprint density at radius 3 is 2.79 bits per heavy atom. The van der Waals surface area contributed by atoms with Crippen LogP contribution in [0.25, 0.3) is 0 Å². The minimum absolute atomic E-state index is 0.